The summed E-state index contributed by atoms with van der Waals surface area (Å²) >= 11 is 0. The van der Waals surface area contributed by atoms with Crippen LogP contribution in [0, 0.1) is 22.7 Å². The van der Waals surface area contributed by atoms with Gasteiger partial charge in [-0.3, -0.25) is 33.6 Å². The second-order valence-corrected chi connectivity index (χ2v) is 23.7. The molecule has 3 aromatic carbocycles. The molecule has 0 unspecified atom stereocenters. The average molecular weight is 1080 g/mol. The standard InChI is InChI=1S/C62H90N8O8/c1-11-43(2)57(75)66-56(62(7,8)9)59(77)70-35-19-25-50(70)41-67(36-32-45-20-14-12-15-21-45)54(73)31-30-51(71)38-47-26-28-48(29-27-47)65-60(78)64-40-55(74)68(37-33-46-22-16-13-17-23-46)42-49-24-18-34-69(49)58(76)52(61(4,5)6)39-53(72)44(3)63-10/h12-17,20-23,26-29,43-44,49-50,52,56,63H,11,18-19,24-25,30-42H2,1-10H3,(H,66,75)(H2,64,65,78)/t43-,44+,49+,50+,52-,56-/m1/s1. The molecular formula is C62H90N8O8. The zero-order valence-electron chi connectivity index (χ0n) is 48.3. The Hall–Kier alpha value is -6.42. The molecule has 0 saturated carbocycles. The van der Waals surface area contributed by atoms with E-state index in [1.165, 1.54) is 0 Å². The number of nitrogens with zero attached hydrogens (tertiary/aromatic N) is 4. The largest absolute Gasteiger partial charge is 0.344 e. The van der Waals surface area contributed by atoms with Crippen molar-refractivity contribution in [3.8, 4) is 0 Å². The summed E-state index contributed by atoms with van der Waals surface area (Å²) in [4.78, 5) is 116. The number of Topliss-reactive ketones (excluding diaryl/α,β-unsaturated/α-hetero) is 2. The lowest BCUT2D eigenvalue weighted by atomic mass is 9.76. The summed E-state index contributed by atoms with van der Waals surface area (Å²) in [7, 11) is 1.73. The second kappa shape index (κ2) is 29.5. The number of carbonyl (C=O) groups is 8. The van der Waals surface area contributed by atoms with Crippen molar-refractivity contribution in [2.24, 2.45) is 22.7 Å². The van der Waals surface area contributed by atoms with Gasteiger partial charge in [0, 0.05) is 94.6 Å². The smallest absolute Gasteiger partial charge is 0.319 e. The van der Waals surface area contributed by atoms with Crippen LogP contribution in [-0.4, -0.2) is 144 Å². The van der Waals surface area contributed by atoms with Gasteiger partial charge in [0.1, 0.15) is 17.6 Å². The van der Waals surface area contributed by atoms with Crippen molar-refractivity contribution in [1.29, 1.82) is 0 Å². The summed E-state index contributed by atoms with van der Waals surface area (Å²) in [6, 6.07) is 24.5. The first-order valence-corrected chi connectivity index (χ1v) is 28.4. The summed E-state index contributed by atoms with van der Waals surface area (Å²) in [5.41, 5.74) is 2.31. The van der Waals surface area contributed by atoms with E-state index in [1.54, 1.807) is 48.0 Å². The number of rotatable bonds is 27. The van der Waals surface area contributed by atoms with E-state index < -0.39 is 28.8 Å². The highest BCUT2D eigenvalue weighted by molar-refractivity contribution is 5.93. The van der Waals surface area contributed by atoms with Crippen LogP contribution < -0.4 is 21.3 Å². The first-order chi connectivity index (χ1) is 37.0. The van der Waals surface area contributed by atoms with E-state index in [2.05, 4.69) is 21.3 Å². The molecular weight excluding hydrogens is 985 g/mol. The van der Waals surface area contributed by atoms with Crippen molar-refractivity contribution >= 4 is 52.8 Å². The monoisotopic (exact) mass is 1070 g/mol. The molecule has 4 N–H and O–H groups in total. The zero-order chi connectivity index (χ0) is 57.2. The molecule has 2 aliphatic rings. The molecule has 16 heteroatoms. The maximum absolute atomic E-state index is 14.3. The van der Waals surface area contributed by atoms with Gasteiger partial charge in [0.2, 0.25) is 29.5 Å². The predicted octanol–water partition coefficient (Wildman–Crippen LogP) is 7.63. The number of benzene rings is 3. The van der Waals surface area contributed by atoms with Crippen molar-refractivity contribution in [2.45, 2.75) is 157 Å². The van der Waals surface area contributed by atoms with Crippen molar-refractivity contribution in [3.05, 3.63) is 102 Å². The van der Waals surface area contributed by atoms with Gasteiger partial charge in [0.25, 0.3) is 0 Å². The van der Waals surface area contributed by atoms with Gasteiger partial charge in [0.05, 0.1) is 12.6 Å². The van der Waals surface area contributed by atoms with Gasteiger partial charge < -0.3 is 40.9 Å². The van der Waals surface area contributed by atoms with E-state index in [9.17, 15) is 38.4 Å². The number of carbonyl (C=O) groups excluding carboxylic acids is 8. The van der Waals surface area contributed by atoms with Crippen molar-refractivity contribution in [2.75, 3.05) is 58.2 Å². The number of nitrogens with one attached hydrogen (secondary N) is 4. The molecule has 3 aromatic rings. The zero-order valence-corrected chi connectivity index (χ0v) is 48.3. The van der Waals surface area contributed by atoms with E-state index in [1.807, 2.05) is 126 Å². The Balaban J connectivity index is 1.16. The average Bonchev–Trinajstić information content (AvgIpc) is 4.10. The second-order valence-electron chi connectivity index (χ2n) is 23.7. The van der Waals surface area contributed by atoms with Crippen molar-refractivity contribution in [3.63, 3.8) is 0 Å². The van der Waals surface area contributed by atoms with Crippen LogP contribution in [0.2, 0.25) is 0 Å². The number of likely N-dealkylation sites (tertiary alicyclic amines) is 2. The number of urea groups is 1. The molecule has 16 nitrogen and oxygen atoms in total. The van der Waals surface area contributed by atoms with Gasteiger partial charge >= 0.3 is 6.03 Å². The molecule has 0 bridgehead atoms. The Morgan fingerprint density at radius 3 is 1.68 bits per heavy atom. The minimum absolute atomic E-state index is 0.0135. The number of likely N-dealkylation sites (N-methyl/N-ethyl adjacent to an activating group) is 1. The van der Waals surface area contributed by atoms with Crippen LogP contribution in [0.4, 0.5) is 10.5 Å². The molecule has 0 spiro atoms. The quantitative estimate of drug-likeness (QED) is 0.0593. The lowest BCUT2D eigenvalue weighted by Crippen LogP contribution is -2.57. The maximum Gasteiger partial charge on any atom is 0.319 e. The molecule has 426 valence electrons. The Bertz CT molecular complexity index is 2300. The molecule has 2 aliphatic heterocycles. The fourth-order valence-electron chi connectivity index (χ4n) is 10.3. The molecule has 78 heavy (non-hydrogen) atoms. The van der Waals surface area contributed by atoms with Gasteiger partial charge in [-0.05, 0) is 98.6 Å². The fraction of sp³-hybridized carbons (Fsp3) is 0.581. The van der Waals surface area contributed by atoms with Crippen LogP contribution in [0.15, 0.2) is 84.9 Å². The highest BCUT2D eigenvalue weighted by Gasteiger charge is 2.42. The first kappa shape index (κ1) is 62.4. The SMILES string of the molecule is CC[C@@H](C)C(=O)N[C@H](C(=O)N1CCC[C@H]1CN(CCc1ccccc1)C(=O)CCC(=O)Cc1ccc(NC(=O)NCC(=O)N(CCc2ccccc2)C[C@@H]2CCCN2C(=O)[C@@H](CC(=O)[C@H](C)NC)C(C)(C)C)cc1)C(C)(C)C. The van der Waals surface area contributed by atoms with E-state index >= 15 is 0 Å². The molecule has 2 saturated heterocycles. The predicted molar refractivity (Wildman–Crippen MR) is 306 cm³/mol. The fourth-order valence-corrected chi connectivity index (χ4v) is 10.3. The van der Waals surface area contributed by atoms with E-state index in [0.717, 1.165) is 30.4 Å². The third-order valence-corrected chi connectivity index (χ3v) is 15.7. The summed E-state index contributed by atoms with van der Waals surface area (Å²) in [5.74, 6) is -1.71. The molecule has 5 rings (SSSR count). The Kier molecular flexibility index (Phi) is 23.6. The Morgan fingerprint density at radius 1 is 0.654 bits per heavy atom. The van der Waals surface area contributed by atoms with Gasteiger partial charge in [-0.25, -0.2) is 4.79 Å². The van der Waals surface area contributed by atoms with Crippen molar-refractivity contribution in [1.82, 2.24) is 35.6 Å². The Labute approximate surface area is 464 Å². The minimum Gasteiger partial charge on any atom is -0.344 e. The molecule has 0 radical (unpaired) electrons. The summed E-state index contributed by atoms with van der Waals surface area (Å²) in [6.45, 7) is 19.6. The van der Waals surface area contributed by atoms with E-state index in [-0.39, 0.29) is 97.4 Å². The molecule has 0 aliphatic carbocycles. The topological polar surface area (TPSA) is 198 Å². The molecule has 6 atom stereocenters. The lowest BCUT2D eigenvalue weighted by Gasteiger charge is -2.37. The highest BCUT2D eigenvalue weighted by Crippen LogP contribution is 2.34. The van der Waals surface area contributed by atoms with E-state index in [4.69, 9.17) is 0 Å². The number of hydrogen-bond acceptors (Lipinski definition) is 9. The summed E-state index contributed by atoms with van der Waals surface area (Å²) in [6.07, 6.45) is 5.12. The van der Waals surface area contributed by atoms with Gasteiger partial charge in [-0.15, -0.1) is 0 Å². The number of anilines is 1. The first-order valence-electron chi connectivity index (χ1n) is 28.4. The highest BCUT2D eigenvalue weighted by atomic mass is 16.2. The Morgan fingerprint density at radius 2 is 1.18 bits per heavy atom. The normalized spacial score (nSPS) is 17.1. The summed E-state index contributed by atoms with van der Waals surface area (Å²) in [5, 5.41) is 11.5. The van der Waals surface area contributed by atoms with E-state index in [0.29, 0.717) is 76.2 Å². The van der Waals surface area contributed by atoms with Crippen molar-refractivity contribution < 1.29 is 38.4 Å². The van der Waals surface area contributed by atoms with Gasteiger partial charge in [-0.2, -0.15) is 0 Å². The van der Waals surface area contributed by atoms with Crippen LogP contribution in [0.5, 0.6) is 0 Å². The van der Waals surface area contributed by atoms with Gasteiger partial charge in [0.15, 0.2) is 0 Å². The van der Waals surface area contributed by atoms with Crippen LogP contribution in [0.3, 0.4) is 0 Å². The molecule has 0 aromatic heterocycles. The maximum atomic E-state index is 14.3. The molecule has 2 heterocycles. The van der Waals surface area contributed by atoms with Crippen LogP contribution >= 0.6 is 0 Å². The third-order valence-electron chi connectivity index (χ3n) is 15.7. The van der Waals surface area contributed by atoms with Gasteiger partial charge in [-0.1, -0.05) is 128 Å². The number of amides is 7. The number of hydrogen-bond donors (Lipinski definition) is 4. The minimum atomic E-state index is -0.720. The molecule has 2 fully saturated rings. The van der Waals surface area contributed by atoms with Crippen LogP contribution in [0.1, 0.15) is 130 Å². The number of ketones is 2. The van der Waals surface area contributed by atoms with Crippen LogP contribution in [0.25, 0.3) is 0 Å². The van der Waals surface area contributed by atoms with Crippen LogP contribution in [-0.2, 0) is 52.8 Å². The summed E-state index contributed by atoms with van der Waals surface area (Å²) < 4.78 is 0. The molecule has 7 amide bonds. The lowest BCUT2D eigenvalue weighted by molar-refractivity contribution is -0.144. The third kappa shape index (κ3) is 18.9.